The van der Waals surface area contributed by atoms with Gasteiger partial charge in [0.05, 0.1) is 11.6 Å². The number of hydrogen-bond acceptors (Lipinski definition) is 4. The van der Waals surface area contributed by atoms with Crippen LogP contribution in [0.4, 0.5) is 0 Å². The second kappa shape index (κ2) is 4.68. The molecule has 1 aromatic carbocycles. The number of oxazole rings is 1. The van der Waals surface area contributed by atoms with Crippen LogP contribution in [-0.2, 0) is 0 Å². The van der Waals surface area contributed by atoms with Gasteiger partial charge >= 0.3 is 5.76 Å². The molecule has 0 radical (unpaired) electrons. The molecule has 0 fully saturated rings. The summed E-state index contributed by atoms with van der Waals surface area (Å²) in [5.74, 6) is 1.33. The van der Waals surface area contributed by atoms with E-state index in [1.807, 2.05) is 45.2 Å². The van der Waals surface area contributed by atoms with Crippen molar-refractivity contribution in [3.05, 3.63) is 57.5 Å². The highest BCUT2D eigenvalue weighted by Crippen LogP contribution is 2.28. The van der Waals surface area contributed by atoms with Gasteiger partial charge in [0.1, 0.15) is 11.5 Å². The molecule has 2 aromatic heterocycles. The fraction of sp³-hybridized carbons (Fsp3) is 0.267. The maximum absolute atomic E-state index is 11.2. The Balaban J connectivity index is 2.11. The molecule has 0 amide bonds. The second-order valence-electron chi connectivity index (χ2n) is 4.86. The predicted molar refractivity (Wildman–Crippen MR) is 75.9 cm³/mol. The van der Waals surface area contributed by atoms with Gasteiger partial charge < -0.3 is 14.2 Å². The molecule has 0 aliphatic carbocycles. The van der Waals surface area contributed by atoms with Crippen LogP contribution in [0.5, 0.6) is 0 Å². The van der Waals surface area contributed by atoms with Crippen LogP contribution in [0.1, 0.15) is 28.7 Å². The van der Waals surface area contributed by atoms with Crippen molar-refractivity contribution in [2.75, 3.05) is 7.05 Å². The van der Waals surface area contributed by atoms with Crippen molar-refractivity contribution in [2.45, 2.75) is 19.9 Å². The monoisotopic (exact) mass is 272 g/mol. The van der Waals surface area contributed by atoms with Gasteiger partial charge in [-0.2, -0.15) is 0 Å². The van der Waals surface area contributed by atoms with Gasteiger partial charge in [-0.1, -0.05) is 6.07 Å². The minimum Gasteiger partial charge on any atom is -0.466 e. The standard InChI is InChI=1S/C15H16N2O3/c1-8-6-11(9(2)19-8)14(16-3)10-4-5-12-13(7-10)20-15(18)17-12/h4-7,14,16H,1-3H3,(H,17,18). The van der Waals surface area contributed by atoms with Crippen LogP contribution in [0.2, 0.25) is 0 Å². The molecule has 2 heterocycles. The molecule has 1 unspecified atom stereocenters. The molecular weight excluding hydrogens is 256 g/mol. The highest BCUT2D eigenvalue weighted by atomic mass is 16.4. The van der Waals surface area contributed by atoms with Gasteiger partial charge in [-0.3, -0.25) is 4.98 Å². The first kappa shape index (κ1) is 12.7. The molecule has 0 saturated heterocycles. The summed E-state index contributed by atoms with van der Waals surface area (Å²) in [6.07, 6.45) is 0. The van der Waals surface area contributed by atoms with E-state index in [1.54, 1.807) is 0 Å². The minimum absolute atomic E-state index is 0.00273. The molecule has 20 heavy (non-hydrogen) atoms. The lowest BCUT2D eigenvalue weighted by molar-refractivity contribution is 0.496. The summed E-state index contributed by atoms with van der Waals surface area (Å²) in [4.78, 5) is 13.9. The second-order valence-corrected chi connectivity index (χ2v) is 4.86. The smallest absolute Gasteiger partial charge is 0.417 e. The van der Waals surface area contributed by atoms with Crippen molar-refractivity contribution < 1.29 is 8.83 Å². The van der Waals surface area contributed by atoms with E-state index in [1.165, 1.54) is 0 Å². The summed E-state index contributed by atoms with van der Waals surface area (Å²) in [6, 6.07) is 7.71. The van der Waals surface area contributed by atoms with E-state index in [4.69, 9.17) is 8.83 Å². The molecule has 2 N–H and O–H groups in total. The van der Waals surface area contributed by atoms with Crippen LogP contribution in [0.3, 0.4) is 0 Å². The quantitative estimate of drug-likeness (QED) is 0.769. The Morgan fingerprint density at radius 1 is 1.20 bits per heavy atom. The van der Waals surface area contributed by atoms with Gasteiger partial charge in [0.15, 0.2) is 5.58 Å². The molecule has 104 valence electrons. The number of rotatable bonds is 3. The number of hydrogen-bond donors (Lipinski definition) is 2. The van der Waals surface area contributed by atoms with E-state index in [0.29, 0.717) is 11.1 Å². The van der Waals surface area contributed by atoms with Crippen LogP contribution in [0, 0.1) is 13.8 Å². The topological polar surface area (TPSA) is 71.2 Å². The summed E-state index contributed by atoms with van der Waals surface area (Å²) in [7, 11) is 1.89. The normalized spacial score (nSPS) is 12.9. The van der Waals surface area contributed by atoms with Crippen molar-refractivity contribution in [2.24, 2.45) is 0 Å². The van der Waals surface area contributed by atoms with E-state index in [9.17, 15) is 4.79 Å². The number of aryl methyl sites for hydroxylation is 2. The van der Waals surface area contributed by atoms with E-state index < -0.39 is 5.76 Å². The van der Waals surface area contributed by atoms with Crippen LogP contribution in [-0.4, -0.2) is 12.0 Å². The Hall–Kier alpha value is -2.27. The summed E-state index contributed by atoms with van der Waals surface area (Å²) in [6.45, 7) is 3.87. The maximum atomic E-state index is 11.2. The summed E-state index contributed by atoms with van der Waals surface area (Å²) in [5.41, 5.74) is 3.37. The zero-order chi connectivity index (χ0) is 14.3. The molecule has 0 spiro atoms. The Bertz CT molecular complexity index is 810. The molecule has 5 heteroatoms. The first-order chi connectivity index (χ1) is 9.58. The lowest BCUT2D eigenvalue weighted by Gasteiger charge is -2.15. The Morgan fingerprint density at radius 2 is 2.00 bits per heavy atom. The highest BCUT2D eigenvalue weighted by molar-refractivity contribution is 5.73. The Kier molecular flexibility index (Phi) is 2.99. The van der Waals surface area contributed by atoms with Crippen molar-refractivity contribution in [3.63, 3.8) is 0 Å². The lowest BCUT2D eigenvalue weighted by atomic mass is 9.99. The number of benzene rings is 1. The van der Waals surface area contributed by atoms with Crippen LogP contribution in [0.15, 0.2) is 37.9 Å². The molecular formula is C15H16N2O3. The van der Waals surface area contributed by atoms with Crippen molar-refractivity contribution >= 4 is 11.1 Å². The van der Waals surface area contributed by atoms with Crippen LogP contribution >= 0.6 is 0 Å². The molecule has 3 rings (SSSR count). The third kappa shape index (κ3) is 2.06. The SMILES string of the molecule is CNC(c1ccc2[nH]c(=O)oc2c1)c1cc(C)oc1C. The predicted octanol–water partition coefficient (Wildman–Crippen LogP) is 2.64. The third-order valence-electron chi connectivity index (χ3n) is 3.46. The number of fused-ring (bicyclic) bond motifs is 1. The largest absolute Gasteiger partial charge is 0.466 e. The molecule has 0 saturated carbocycles. The number of furan rings is 1. The number of aromatic nitrogens is 1. The Morgan fingerprint density at radius 3 is 2.65 bits per heavy atom. The molecule has 5 nitrogen and oxygen atoms in total. The summed E-state index contributed by atoms with van der Waals surface area (Å²) >= 11 is 0. The highest BCUT2D eigenvalue weighted by Gasteiger charge is 2.18. The summed E-state index contributed by atoms with van der Waals surface area (Å²) in [5, 5.41) is 3.27. The van der Waals surface area contributed by atoms with E-state index >= 15 is 0 Å². The molecule has 0 aliphatic heterocycles. The van der Waals surface area contributed by atoms with E-state index in [0.717, 1.165) is 22.6 Å². The average Bonchev–Trinajstić information content (AvgIpc) is 2.92. The zero-order valence-corrected chi connectivity index (χ0v) is 11.6. The van der Waals surface area contributed by atoms with Gasteiger partial charge in [-0.15, -0.1) is 0 Å². The molecule has 1 atom stereocenters. The van der Waals surface area contributed by atoms with Crippen molar-refractivity contribution in [3.8, 4) is 0 Å². The Labute approximate surface area is 115 Å². The van der Waals surface area contributed by atoms with Gasteiger partial charge in [-0.25, -0.2) is 4.79 Å². The van der Waals surface area contributed by atoms with Crippen molar-refractivity contribution in [1.29, 1.82) is 0 Å². The van der Waals surface area contributed by atoms with E-state index in [-0.39, 0.29) is 6.04 Å². The van der Waals surface area contributed by atoms with Crippen LogP contribution < -0.4 is 11.1 Å². The van der Waals surface area contributed by atoms with Gasteiger partial charge in [0.25, 0.3) is 0 Å². The van der Waals surface area contributed by atoms with E-state index in [2.05, 4.69) is 10.3 Å². The van der Waals surface area contributed by atoms with Crippen molar-refractivity contribution in [1.82, 2.24) is 10.3 Å². The molecule has 3 aromatic rings. The third-order valence-corrected chi connectivity index (χ3v) is 3.46. The molecule has 0 aliphatic rings. The lowest BCUT2D eigenvalue weighted by Crippen LogP contribution is -2.17. The summed E-state index contributed by atoms with van der Waals surface area (Å²) < 4.78 is 10.7. The first-order valence-electron chi connectivity index (χ1n) is 6.45. The van der Waals surface area contributed by atoms with Gasteiger partial charge in [0.2, 0.25) is 0 Å². The minimum atomic E-state index is -0.437. The first-order valence-corrected chi connectivity index (χ1v) is 6.45. The van der Waals surface area contributed by atoms with Gasteiger partial charge in [-0.05, 0) is 44.7 Å². The fourth-order valence-corrected chi connectivity index (χ4v) is 2.58. The van der Waals surface area contributed by atoms with Crippen LogP contribution in [0.25, 0.3) is 11.1 Å². The number of nitrogens with one attached hydrogen (secondary N) is 2. The number of aromatic amines is 1. The average molecular weight is 272 g/mol. The number of H-pyrrole nitrogens is 1. The maximum Gasteiger partial charge on any atom is 0.417 e. The molecule has 0 bridgehead atoms. The fourth-order valence-electron chi connectivity index (χ4n) is 2.58. The zero-order valence-electron chi connectivity index (χ0n) is 11.6. The van der Waals surface area contributed by atoms with Gasteiger partial charge in [0, 0.05) is 5.56 Å².